The summed E-state index contributed by atoms with van der Waals surface area (Å²) in [6.07, 6.45) is 0. The van der Waals surface area contributed by atoms with Crippen molar-refractivity contribution in [1.29, 1.82) is 0 Å². The van der Waals surface area contributed by atoms with E-state index in [1.54, 1.807) is 0 Å². The van der Waals surface area contributed by atoms with Gasteiger partial charge >= 0.3 is 69.8 Å². The molecule has 0 aliphatic rings. The first-order chi connectivity index (χ1) is 4.70. The van der Waals surface area contributed by atoms with Crippen LogP contribution < -0.4 is 4.40 Å². The number of rotatable bonds is 1. The number of hydrogen-bond donors (Lipinski definition) is 0. The summed E-state index contributed by atoms with van der Waals surface area (Å²) in [4.78, 5) is 0. The number of benzene rings is 1. The van der Waals surface area contributed by atoms with Gasteiger partial charge in [-0.25, -0.2) is 0 Å². The van der Waals surface area contributed by atoms with Crippen molar-refractivity contribution in [3.8, 4) is 0 Å². The molecule has 0 aliphatic heterocycles. The van der Waals surface area contributed by atoms with Crippen molar-refractivity contribution in [2.45, 2.75) is 6.92 Å². The molecule has 0 amide bonds. The van der Waals surface area contributed by atoms with Gasteiger partial charge in [-0.1, -0.05) is 0 Å². The van der Waals surface area contributed by atoms with Gasteiger partial charge in [0.15, 0.2) is 0 Å². The van der Waals surface area contributed by atoms with Crippen LogP contribution >= 0.6 is 0 Å². The van der Waals surface area contributed by atoms with Crippen LogP contribution in [0.3, 0.4) is 0 Å². The first-order valence-electron chi connectivity index (χ1n) is 3.42. The van der Waals surface area contributed by atoms with Crippen molar-refractivity contribution >= 4 is 26.5 Å². The molecule has 0 unspecified atom stereocenters. The Balaban J connectivity index is 3.07. The Kier molecular flexibility index (Phi) is 2.33. The molecule has 0 bridgehead atoms. The van der Waals surface area contributed by atoms with E-state index in [2.05, 4.69) is 30.8 Å². The first kappa shape index (κ1) is 7.61. The Bertz CT molecular complexity index is 251. The SMILES string of the molecule is C=C(C)c1ccc[c]([GeH3])c1. The van der Waals surface area contributed by atoms with Gasteiger partial charge in [-0.3, -0.25) is 0 Å². The van der Waals surface area contributed by atoms with Crippen LogP contribution in [-0.2, 0) is 0 Å². The third-order valence-corrected chi connectivity index (χ3v) is 2.82. The quantitative estimate of drug-likeness (QED) is 0.576. The normalized spacial score (nSPS) is 9.70. The Morgan fingerprint density at radius 3 is 2.60 bits per heavy atom. The molecule has 1 aromatic rings. The average Bonchev–Trinajstić information content (AvgIpc) is 1.88. The number of allylic oxidation sites excluding steroid dienone is 1. The molecule has 0 saturated carbocycles. The summed E-state index contributed by atoms with van der Waals surface area (Å²) in [5, 5.41) is 0. The van der Waals surface area contributed by atoms with Crippen LogP contribution in [-0.4, -0.2) is 16.5 Å². The molecule has 0 radical (unpaired) electrons. The fourth-order valence-corrected chi connectivity index (χ4v) is 1.97. The van der Waals surface area contributed by atoms with Crippen LogP contribution in [0.15, 0.2) is 30.8 Å². The molecule has 1 heteroatoms. The van der Waals surface area contributed by atoms with Crippen LogP contribution in [0, 0.1) is 0 Å². The monoisotopic (exact) mass is 194 g/mol. The summed E-state index contributed by atoms with van der Waals surface area (Å²) in [6.45, 7) is 5.93. The van der Waals surface area contributed by atoms with E-state index in [0.717, 1.165) is 22.1 Å². The molecular weight excluding hydrogens is 181 g/mol. The van der Waals surface area contributed by atoms with Crippen molar-refractivity contribution in [2.24, 2.45) is 0 Å². The third kappa shape index (κ3) is 1.74. The molecule has 52 valence electrons. The van der Waals surface area contributed by atoms with E-state index in [4.69, 9.17) is 0 Å². The van der Waals surface area contributed by atoms with Gasteiger partial charge in [-0.05, 0) is 0 Å². The Morgan fingerprint density at radius 2 is 2.20 bits per heavy atom. The van der Waals surface area contributed by atoms with Gasteiger partial charge in [0.25, 0.3) is 0 Å². The molecule has 1 aromatic carbocycles. The summed E-state index contributed by atoms with van der Waals surface area (Å²) in [5.74, 6) is 0. The molecule has 10 heavy (non-hydrogen) atoms. The first-order valence-corrected chi connectivity index (χ1v) is 5.52. The minimum atomic E-state index is 0.790. The topological polar surface area (TPSA) is 0 Å². The fraction of sp³-hybridized carbons (Fsp3) is 0.111. The summed E-state index contributed by atoms with van der Waals surface area (Å²) in [6, 6.07) is 8.61. The second kappa shape index (κ2) is 3.06. The van der Waals surface area contributed by atoms with Crippen molar-refractivity contribution in [3.63, 3.8) is 0 Å². The predicted molar refractivity (Wildman–Crippen MR) is 50.7 cm³/mol. The van der Waals surface area contributed by atoms with Crippen LogP contribution in [0.25, 0.3) is 5.57 Å². The molecule has 1 rings (SSSR count). The van der Waals surface area contributed by atoms with Gasteiger partial charge in [0, 0.05) is 0 Å². The van der Waals surface area contributed by atoms with Crippen molar-refractivity contribution in [3.05, 3.63) is 36.4 Å². The van der Waals surface area contributed by atoms with Gasteiger partial charge in [0.1, 0.15) is 0 Å². The maximum atomic E-state index is 3.89. The van der Waals surface area contributed by atoms with E-state index in [1.165, 1.54) is 9.96 Å². The van der Waals surface area contributed by atoms with E-state index >= 15 is 0 Å². The number of hydrogen-bond acceptors (Lipinski definition) is 0. The average molecular weight is 193 g/mol. The predicted octanol–water partition coefficient (Wildman–Crippen LogP) is 0.710. The zero-order chi connectivity index (χ0) is 7.56. The van der Waals surface area contributed by atoms with E-state index in [0.29, 0.717) is 0 Å². The minimum absolute atomic E-state index is 0.790. The second-order valence-corrected chi connectivity index (χ2v) is 5.07. The molecule has 0 heterocycles. The van der Waals surface area contributed by atoms with Gasteiger partial charge in [0.05, 0.1) is 0 Å². The van der Waals surface area contributed by atoms with Crippen LogP contribution in [0.2, 0.25) is 0 Å². The van der Waals surface area contributed by atoms with Crippen molar-refractivity contribution in [2.75, 3.05) is 0 Å². The van der Waals surface area contributed by atoms with Crippen LogP contribution in [0.4, 0.5) is 0 Å². The molecule has 0 atom stereocenters. The fourth-order valence-electron chi connectivity index (χ4n) is 0.911. The van der Waals surface area contributed by atoms with Crippen LogP contribution in [0.1, 0.15) is 12.5 Å². The summed E-state index contributed by atoms with van der Waals surface area (Å²) >= 11 is 0.790. The summed E-state index contributed by atoms with van der Waals surface area (Å²) in [7, 11) is 0. The van der Waals surface area contributed by atoms with Gasteiger partial charge in [-0.2, -0.15) is 0 Å². The second-order valence-electron chi connectivity index (χ2n) is 2.65. The zero-order valence-corrected chi connectivity index (χ0v) is 10.7. The Hall–Kier alpha value is -0.497. The molecule has 0 fully saturated rings. The standard InChI is InChI=1S/C9H12Ge/c1-7(2)8-4-3-5-9(10)6-8/h3-6H,1H2,2,10H3. The maximum absolute atomic E-state index is 3.89. The molecule has 0 spiro atoms. The van der Waals surface area contributed by atoms with Crippen molar-refractivity contribution < 1.29 is 0 Å². The Labute approximate surface area is 70.2 Å². The molecule has 0 nitrogen and oxygen atoms in total. The zero-order valence-electron chi connectivity index (χ0n) is 6.52. The van der Waals surface area contributed by atoms with E-state index < -0.39 is 0 Å². The van der Waals surface area contributed by atoms with E-state index in [1.807, 2.05) is 6.92 Å². The Morgan fingerprint density at radius 1 is 1.50 bits per heavy atom. The third-order valence-electron chi connectivity index (χ3n) is 1.51. The molecule has 0 saturated heterocycles. The molecule has 0 aromatic heterocycles. The van der Waals surface area contributed by atoms with Crippen molar-refractivity contribution in [1.82, 2.24) is 0 Å². The molecular formula is C9H12Ge. The van der Waals surface area contributed by atoms with E-state index in [-0.39, 0.29) is 0 Å². The van der Waals surface area contributed by atoms with E-state index in [9.17, 15) is 0 Å². The van der Waals surface area contributed by atoms with Gasteiger partial charge in [0.2, 0.25) is 0 Å². The summed E-state index contributed by atoms with van der Waals surface area (Å²) < 4.78 is 1.48. The molecule has 0 N–H and O–H groups in total. The molecule has 0 aliphatic carbocycles. The van der Waals surface area contributed by atoms with Gasteiger partial charge in [-0.15, -0.1) is 0 Å². The van der Waals surface area contributed by atoms with Gasteiger partial charge < -0.3 is 0 Å². The summed E-state index contributed by atoms with van der Waals surface area (Å²) in [5.41, 5.74) is 2.44. The van der Waals surface area contributed by atoms with Crippen LogP contribution in [0.5, 0.6) is 0 Å².